The molecular formula is C17H29NO2. The van der Waals surface area contributed by atoms with Crippen molar-refractivity contribution in [3.63, 3.8) is 0 Å². The number of hydrogen-bond acceptors (Lipinski definition) is 3. The van der Waals surface area contributed by atoms with Gasteiger partial charge in [0.2, 0.25) is 0 Å². The van der Waals surface area contributed by atoms with Gasteiger partial charge in [0.15, 0.2) is 5.78 Å². The Morgan fingerprint density at radius 1 is 1.25 bits per heavy atom. The van der Waals surface area contributed by atoms with Crippen LogP contribution in [0.15, 0.2) is 0 Å². The number of unbranched alkanes of at least 4 members (excludes halogenated alkanes) is 1. The number of carbonyl (C=O) groups is 1. The quantitative estimate of drug-likeness (QED) is 0.860. The van der Waals surface area contributed by atoms with Gasteiger partial charge in [0, 0.05) is 18.5 Å². The molecule has 2 aliphatic heterocycles. The molecule has 1 N–H and O–H groups in total. The summed E-state index contributed by atoms with van der Waals surface area (Å²) in [6.07, 6.45) is 11.2. The SMILES string of the molecule is CCCCC1CCC2CCCC(=O)C23CC[C@@H](CO)N13. The predicted octanol–water partition coefficient (Wildman–Crippen LogP) is 2.90. The van der Waals surface area contributed by atoms with Crippen LogP contribution in [0.5, 0.6) is 0 Å². The molecule has 114 valence electrons. The van der Waals surface area contributed by atoms with E-state index in [2.05, 4.69) is 11.8 Å². The van der Waals surface area contributed by atoms with E-state index in [1.807, 2.05) is 0 Å². The molecule has 2 heterocycles. The number of rotatable bonds is 4. The lowest BCUT2D eigenvalue weighted by Gasteiger charge is -2.54. The summed E-state index contributed by atoms with van der Waals surface area (Å²) in [5, 5.41) is 9.77. The Morgan fingerprint density at radius 3 is 2.85 bits per heavy atom. The second-order valence-corrected chi connectivity index (χ2v) is 7.09. The van der Waals surface area contributed by atoms with Gasteiger partial charge in [-0.15, -0.1) is 0 Å². The molecular weight excluding hydrogens is 250 g/mol. The summed E-state index contributed by atoms with van der Waals surface area (Å²) in [6, 6.07) is 0.773. The molecule has 3 aliphatic rings. The first-order valence-electron chi connectivity index (χ1n) is 8.66. The molecule has 1 saturated carbocycles. The third kappa shape index (κ3) is 2.05. The van der Waals surface area contributed by atoms with E-state index in [9.17, 15) is 9.90 Å². The van der Waals surface area contributed by atoms with Gasteiger partial charge < -0.3 is 5.11 Å². The summed E-state index contributed by atoms with van der Waals surface area (Å²) in [7, 11) is 0. The van der Waals surface area contributed by atoms with Crippen LogP contribution in [0.2, 0.25) is 0 Å². The lowest BCUT2D eigenvalue weighted by Crippen LogP contribution is -2.65. The van der Waals surface area contributed by atoms with Crippen molar-refractivity contribution in [2.75, 3.05) is 6.61 Å². The Balaban J connectivity index is 1.90. The van der Waals surface area contributed by atoms with Crippen LogP contribution in [-0.2, 0) is 4.79 Å². The maximum Gasteiger partial charge on any atom is 0.153 e. The molecule has 0 aromatic heterocycles. The Labute approximate surface area is 122 Å². The molecule has 0 radical (unpaired) electrons. The largest absolute Gasteiger partial charge is 0.395 e. The van der Waals surface area contributed by atoms with E-state index in [-0.39, 0.29) is 18.2 Å². The molecule has 0 aromatic carbocycles. The van der Waals surface area contributed by atoms with Gasteiger partial charge in [-0.2, -0.15) is 0 Å². The van der Waals surface area contributed by atoms with Crippen molar-refractivity contribution in [3.05, 3.63) is 0 Å². The minimum absolute atomic E-state index is 0.178. The number of nitrogens with zero attached hydrogens (tertiary/aromatic N) is 1. The number of piperidine rings is 1. The number of hydrogen-bond donors (Lipinski definition) is 1. The molecule has 3 heteroatoms. The summed E-state index contributed by atoms with van der Waals surface area (Å²) >= 11 is 0. The Morgan fingerprint density at radius 2 is 2.10 bits per heavy atom. The van der Waals surface area contributed by atoms with Gasteiger partial charge in [0.25, 0.3) is 0 Å². The third-order valence-electron chi connectivity index (χ3n) is 6.17. The Kier molecular flexibility index (Phi) is 4.19. The fourth-order valence-electron chi connectivity index (χ4n) is 5.31. The van der Waals surface area contributed by atoms with Gasteiger partial charge in [-0.3, -0.25) is 9.69 Å². The first-order chi connectivity index (χ1) is 9.74. The fourth-order valence-corrected chi connectivity index (χ4v) is 5.31. The number of aliphatic hydroxyl groups is 1. The van der Waals surface area contributed by atoms with Crippen molar-refractivity contribution >= 4 is 5.78 Å². The average molecular weight is 279 g/mol. The molecule has 0 aromatic rings. The van der Waals surface area contributed by atoms with Crippen molar-refractivity contribution in [2.24, 2.45) is 5.92 Å². The maximum atomic E-state index is 12.8. The number of aliphatic hydroxyl groups excluding tert-OH is 1. The summed E-state index contributed by atoms with van der Waals surface area (Å²) in [5.41, 5.74) is -0.178. The van der Waals surface area contributed by atoms with Crippen molar-refractivity contribution < 1.29 is 9.90 Å². The molecule has 3 nitrogen and oxygen atoms in total. The van der Waals surface area contributed by atoms with E-state index >= 15 is 0 Å². The average Bonchev–Trinajstić information content (AvgIpc) is 2.86. The summed E-state index contributed by atoms with van der Waals surface area (Å²) in [6.45, 7) is 2.46. The molecule has 2 saturated heterocycles. The highest BCUT2D eigenvalue weighted by atomic mass is 16.3. The molecule has 0 amide bonds. The highest BCUT2D eigenvalue weighted by Crippen LogP contribution is 2.52. The van der Waals surface area contributed by atoms with Gasteiger partial charge >= 0.3 is 0 Å². The molecule has 3 fully saturated rings. The summed E-state index contributed by atoms with van der Waals surface area (Å²) < 4.78 is 0. The van der Waals surface area contributed by atoms with Gasteiger partial charge in [-0.1, -0.05) is 19.8 Å². The third-order valence-corrected chi connectivity index (χ3v) is 6.17. The van der Waals surface area contributed by atoms with E-state index in [1.165, 1.54) is 38.5 Å². The number of carbonyl (C=O) groups excluding carboxylic acids is 1. The Hall–Kier alpha value is -0.410. The topological polar surface area (TPSA) is 40.5 Å². The van der Waals surface area contributed by atoms with Crippen LogP contribution in [0.4, 0.5) is 0 Å². The second-order valence-electron chi connectivity index (χ2n) is 7.09. The van der Waals surface area contributed by atoms with Crippen LogP contribution >= 0.6 is 0 Å². The van der Waals surface area contributed by atoms with Crippen LogP contribution in [0.1, 0.15) is 71.1 Å². The fraction of sp³-hybridized carbons (Fsp3) is 0.941. The second kappa shape index (κ2) is 5.76. The van der Waals surface area contributed by atoms with Crippen molar-refractivity contribution in [3.8, 4) is 0 Å². The van der Waals surface area contributed by atoms with Crippen LogP contribution in [-0.4, -0.2) is 40.0 Å². The van der Waals surface area contributed by atoms with Crippen LogP contribution < -0.4 is 0 Å². The van der Waals surface area contributed by atoms with E-state index in [1.54, 1.807) is 0 Å². The molecule has 3 rings (SSSR count). The Bertz CT molecular complexity index is 370. The lowest BCUT2D eigenvalue weighted by atomic mass is 9.65. The van der Waals surface area contributed by atoms with Crippen molar-refractivity contribution in [1.29, 1.82) is 0 Å². The lowest BCUT2D eigenvalue weighted by molar-refractivity contribution is -0.146. The highest BCUT2D eigenvalue weighted by molar-refractivity contribution is 5.90. The van der Waals surface area contributed by atoms with Crippen LogP contribution in [0.3, 0.4) is 0 Å². The molecule has 20 heavy (non-hydrogen) atoms. The monoisotopic (exact) mass is 279 g/mol. The van der Waals surface area contributed by atoms with E-state index in [0.29, 0.717) is 17.7 Å². The van der Waals surface area contributed by atoms with Gasteiger partial charge in [0.1, 0.15) is 0 Å². The first kappa shape index (κ1) is 14.5. The first-order valence-corrected chi connectivity index (χ1v) is 8.66. The van der Waals surface area contributed by atoms with Gasteiger partial charge in [-0.25, -0.2) is 0 Å². The number of ketones is 1. The predicted molar refractivity (Wildman–Crippen MR) is 79.6 cm³/mol. The van der Waals surface area contributed by atoms with E-state index < -0.39 is 0 Å². The molecule has 3 unspecified atom stereocenters. The van der Waals surface area contributed by atoms with Gasteiger partial charge in [0.05, 0.1) is 12.1 Å². The minimum atomic E-state index is -0.178. The zero-order valence-electron chi connectivity index (χ0n) is 12.8. The molecule has 4 atom stereocenters. The normalized spacial score (nSPS) is 41.5. The zero-order valence-corrected chi connectivity index (χ0v) is 12.8. The van der Waals surface area contributed by atoms with E-state index in [4.69, 9.17) is 0 Å². The minimum Gasteiger partial charge on any atom is -0.395 e. The van der Waals surface area contributed by atoms with Crippen molar-refractivity contribution in [2.45, 2.75) is 88.8 Å². The van der Waals surface area contributed by atoms with Gasteiger partial charge in [-0.05, 0) is 50.9 Å². The van der Waals surface area contributed by atoms with E-state index in [0.717, 1.165) is 25.7 Å². The molecule has 0 bridgehead atoms. The highest BCUT2D eigenvalue weighted by Gasteiger charge is 2.59. The summed E-state index contributed by atoms with van der Waals surface area (Å²) in [4.78, 5) is 15.3. The maximum absolute atomic E-state index is 12.8. The van der Waals surface area contributed by atoms with Crippen LogP contribution in [0.25, 0.3) is 0 Å². The van der Waals surface area contributed by atoms with Crippen molar-refractivity contribution in [1.82, 2.24) is 4.90 Å². The molecule has 1 aliphatic carbocycles. The number of Topliss-reactive ketones (excluding diaryl/α,β-unsaturated/α-hetero) is 1. The van der Waals surface area contributed by atoms with Crippen LogP contribution in [0, 0.1) is 5.92 Å². The molecule has 1 spiro atoms. The zero-order chi connectivity index (χ0) is 14.2. The standard InChI is InChI=1S/C17H29NO2/c1-2-3-6-14-9-8-13-5-4-7-16(20)17(13)11-10-15(12-19)18(14)17/h13-15,19H,2-12H2,1H3/t13?,14?,15-,17?/m0/s1. The smallest absolute Gasteiger partial charge is 0.153 e. The summed E-state index contributed by atoms with van der Waals surface area (Å²) in [5.74, 6) is 1.06.